The summed E-state index contributed by atoms with van der Waals surface area (Å²) in [6, 6.07) is 5.71. The lowest BCUT2D eigenvalue weighted by Crippen LogP contribution is -2.34. The summed E-state index contributed by atoms with van der Waals surface area (Å²) in [4.78, 5) is 0. The highest BCUT2D eigenvalue weighted by atomic mass is 16.5. The Morgan fingerprint density at radius 3 is 2.76 bits per heavy atom. The van der Waals surface area contributed by atoms with Crippen molar-refractivity contribution in [3.63, 3.8) is 0 Å². The van der Waals surface area contributed by atoms with Gasteiger partial charge in [-0.2, -0.15) is 0 Å². The summed E-state index contributed by atoms with van der Waals surface area (Å²) in [5, 5.41) is 0. The Morgan fingerprint density at radius 2 is 2.18 bits per heavy atom. The fourth-order valence-corrected chi connectivity index (χ4v) is 2.35. The maximum atomic E-state index is 6.10. The largest absolute Gasteiger partial charge is 0.496 e. The van der Waals surface area contributed by atoms with Gasteiger partial charge >= 0.3 is 0 Å². The van der Waals surface area contributed by atoms with Crippen LogP contribution in [0.25, 0.3) is 0 Å². The smallest absolute Gasteiger partial charge is 0.125 e. The highest BCUT2D eigenvalue weighted by molar-refractivity contribution is 5.61. The zero-order valence-electron chi connectivity index (χ0n) is 10.0. The van der Waals surface area contributed by atoms with Crippen molar-refractivity contribution in [1.29, 1.82) is 0 Å². The zero-order valence-corrected chi connectivity index (χ0v) is 10.0. The fraction of sp³-hybridized carbons (Fsp3) is 0.286. The first-order chi connectivity index (χ1) is 8.23. The lowest BCUT2D eigenvalue weighted by atomic mass is 9.74. The average molecular weight is 230 g/mol. The van der Waals surface area contributed by atoms with Crippen LogP contribution in [-0.4, -0.2) is 13.7 Å². The average Bonchev–Trinajstić information content (AvgIpc) is 2.39. The van der Waals surface area contributed by atoms with Gasteiger partial charge in [-0.15, -0.1) is 0 Å². The normalized spacial score (nSPS) is 22.7. The van der Waals surface area contributed by atoms with E-state index in [1.165, 1.54) is 0 Å². The van der Waals surface area contributed by atoms with Crippen LogP contribution in [0.1, 0.15) is 12.0 Å². The molecule has 17 heavy (non-hydrogen) atoms. The first-order valence-electron chi connectivity index (χ1n) is 5.71. The standard InChI is InChI=1S/C14H18N2O/c1-17-12-7-5-6-11(16)13(12)14(10-15)8-3-2-4-9-14/h2-8H,9-10,15-16H2,1H3. The number of nitrogen functional groups attached to an aromatic ring is 1. The van der Waals surface area contributed by atoms with E-state index in [2.05, 4.69) is 12.2 Å². The van der Waals surface area contributed by atoms with Gasteiger partial charge in [0, 0.05) is 23.2 Å². The third-order valence-corrected chi connectivity index (χ3v) is 3.29. The Balaban J connectivity index is 2.58. The Labute approximate surface area is 102 Å². The number of nitrogens with two attached hydrogens (primary N) is 2. The van der Waals surface area contributed by atoms with Gasteiger partial charge in [-0.25, -0.2) is 0 Å². The van der Waals surface area contributed by atoms with Crippen LogP contribution in [0.2, 0.25) is 0 Å². The van der Waals surface area contributed by atoms with Crippen molar-refractivity contribution < 1.29 is 4.74 Å². The van der Waals surface area contributed by atoms with Crippen LogP contribution >= 0.6 is 0 Å². The van der Waals surface area contributed by atoms with Gasteiger partial charge in [0.1, 0.15) is 5.75 Å². The van der Waals surface area contributed by atoms with Crippen LogP contribution in [0.3, 0.4) is 0 Å². The van der Waals surface area contributed by atoms with E-state index in [4.69, 9.17) is 16.2 Å². The predicted molar refractivity (Wildman–Crippen MR) is 71.0 cm³/mol. The molecule has 0 amide bonds. The third kappa shape index (κ3) is 1.94. The van der Waals surface area contributed by atoms with E-state index in [1.54, 1.807) is 7.11 Å². The second-order valence-electron chi connectivity index (χ2n) is 4.28. The number of benzene rings is 1. The summed E-state index contributed by atoms with van der Waals surface area (Å²) in [6.07, 6.45) is 9.12. The van der Waals surface area contributed by atoms with E-state index >= 15 is 0 Å². The first-order valence-corrected chi connectivity index (χ1v) is 5.71. The van der Waals surface area contributed by atoms with Crippen molar-refractivity contribution in [3.8, 4) is 5.75 Å². The zero-order chi connectivity index (χ0) is 12.3. The fourth-order valence-electron chi connectivity index (χ4n) is 2.35. The van der Waals surface area contributed by atoms with Gasteiger partial charge in [0.05, 0.1) is 7.11 Å². The molecule has 1 atom stereocenters. The summed E-state index contributed by atoms with van der Waals surface area (Å²) in [5.74, 6) is 0.801. The number of hydrogen-bond donors (Lipinski definition) is 2. The Kier molecular flexibility index (Phi) is 3.20. The molecule has 0 heterocycles. The van der Waals surface area contributed by atoms with Crippen molar-refractivity contribution in [2.75, 3.05) is 19.4 Å². The summed E-state index contributed by atoms with van der Waals surface area (Å²) in [6.45, 7) is 0.512. The van der Waals surface area contributed by atoms with Crippen molar-refractivity contribution in [2.24, 2.45) is 5.73 Å². The summed E-state index contributed by atoms with van der Waals surface area (Å²) < 4.78 is 5.41. The number of hydrogen-bond acceptors (Lipinski definition) is 3. The number of rotatable bonds is 3. The first kappa shape index (κ1) is 11.7. The molecule has 0 fully saturated rings. The minimum absolute atomic E-state index is 0.245. The van der Waals surface area contributed by atoms with E-state index in [-0.39, 0.29) is 5.41 Å². The second kappa shape index (κ2) is 4.63. The van der Waals surface area contributed by atoms with Crippen molar-refractivity contribution >= 4 is 5.69 Å². The molecule has 1 aromatic carbocycles. The van der Waals surface area contributed by atoms with E-state index in [0.717, 1.165) is 23.4 Å². The van der Waals surface area contributed by atoms with Crippen LogP contribution in [0.5, 0.6) is 5.75 Å². The number of methoxy groups -OCH3 is 1. The SMILES string of the molecule is COc1cccc(N)c1C1(CN)C=CC=CC1. The van der Waals surface area contributed by atoms with Gasteiger partial charge in [0.2, 0.25) is 0 Å². The van der Waals surface area contributed by atoms with Crippen LogP contribution < -0.4 is 16.2 Å². The quantitative estimate of drug-likeness (QED) is 0.781. The molecular weight excluding hydrogens is 212 g/mol. The number of anilines is 1. The van der Waals surface area contributed by atoms with Gasteiger partial charge in [-0.05, 0) is 18.6 Å². The number of allylic oxidation sites excluding steroid dienone is 3. The van der Waals surface area contributed by atoms with Crippen molar-refractivity contribution in [3.05, 3.63) is 48.1 Å². The molecule has 0 saturated heterocycles. The molecule has 0 radical (unpaired) electrons. The lowest BCUT2D eigenvalue weighted by molar-refractivity contribution is 0.396. The second-order valence-corrected chi connectivity index (χ2v) is 4.28. The van der Waals surface area contributed by atoms with Crippen LogP contribution in [0.15, 0.2) is 42.5 Å². The van der Waals surface area contributed by atoms with Crippen molar-refractivity contribution in [2.45, 2.75) is 11.8 Å². The van der Waals surface area contributed by atoms with E-state index < -0.39 is 0 Å². The minimum atomic E-state index is -0.245. The van der Waals surface area contributed by atoms with Crippen molar-refractivity contribution in [1.82, 2.24) is 0 Å². The van der Waals surface area contributed by atoms with Gasteiger partial charge in [-0.1, -0.05) is 30.4 Å². The molecule has 0 bridgehead atoms. The molecule has 0 aromatic heterocycles. The van der Waals surface area contributed by atoms with Gasteiger partial charge < -0.3 is 16.2 Å². The summed E-state index contributed by atoms with van der Waals surface area (Å²) >= 11 is 0. The Bertz CT molecular complexity index is 465. The molecule has 0 saturated carbocycles. The molecule has 0 aliphatic heterocycles. The summed E-state index contributed by atoms with van der Waals surface area (Å²) in [7, 11) is 1.66. The monoisotopic (exact) mass is 230 g/mol. The van der Waals surface area contributed by atoms with E-state index in [1.807, 2.05) is 30.4 Å². The van der Waals surface area contributed by atoms with E-state index in [0.29, 0.717) is 6.54 Å². The molecular formula is C14H18N2O. The predicted octanol–water partition coefficient (Wildman–Crippen LogP) is 1.99. The van der Waals surface area contributed by atoms with E-state index in [9.17, 15) is 0 Å². The van der Waals surface area contributed by atoms with Crippen LogP contribution in [0, 0.1) is 0 Å². The topological polar surface area (TPSA) is 61.3 Å². The maximum absolute atomic E-state index is 6.10. The van der Waals surface area contributed by atoms with Gasteiger partial charge in [0.25, 0.3) is 0 Å². The molecule has 1 aliphatic rings. The van der Waals surface area contributed by atoms with Crippen LogP contribution in [0.4, 0.5) is 5.69 Å². The Morgan fingerprint density at radius 1 is 1.35 bits per heavy atom. The van der Waals surface area contributed by atoms with Crippen LogP contribution in [-0.2, 0) is 5.41 Å². The molecule has 3 nitrogen and oxygen atoms in total. The molecule has 0 spiro atoms. The molecule has 1 aliphatic carbocycles. The highest BCUT2D eigenvalue weighted by Gasteiger charge is 2.32. The van der Waals surface area contributed by atoms with Gasteiger partial charge in [0.15, 0.2) is 0 Å². The lowest BCUT2D eigenvalue weighted by Gasteiger charge is -2.32. The third-order valence-electron chi connectivity index (χ3n) is 3.29. The molecule has 1 aromatic rings. The molecule has 4 N–H and O–H groups in total. The highest BCUT2D eigenvalue weighted by Crippen LogP contribution is 2.40. The van der Waals surface area contributed by atoms with Gasteiger partial charge in [-0.3, -0.25) is 0 Å². The Hall–Kier alpha value is -1.74. The molecule has 90 valence electrons. The molecule has 3 heteroatoms. The molecule has 2 rings (SSSR count). The number of ether oxygens (including phenoxy) is 1. The summed E-state index contributed by atoms with van der Waals surface area (Å²) in [5.41, 5.74) is 13.5. The minimum Gasteiger partial charge on any atom is -0.496 e. The molecule has 1 unspecified atom stereocenters. The maximum Gasteiger partial charge on any atom is 0.125 e.